The average molecular weight is 191 g/mol. The molecule has 74 valence electrons. The van der Waals surface area contributed by atoms with Crippen LogP contribution < -0.4 is 0 Å². The third-order valence-electron chi connectivity index (χ3n) is 3.17. The molecule has 0 amide bonds. The summed E-state index contributed by atoms with van der Waals surface area (Å²) in [7, 11) is 0. The number of alkyl halides is 1. The maximum Gasteiger partial charge on any atom is 0.0251 e. The standard InChI is InChI=1S/C11H23Cl/c1-6-10(8-12)7-11(4,5)9(2)3/h9-10H,6-8H2,1-5H3. The molecule has 0 nitrogen and oxygen atoms in total. The van der Waals surface area contributed by atoms with Crippen molar-refractivity contribution >= 4 is 11.6 Å². The van der Waals surface area contributed by atoms with Crippen LogP contribution in [0.15, 0.2) is 0 Å². The molecule has 0 aromatic carbocycles. The summed E-state index contributed by atoms with van der Waals surface area (Å²) >= 11 is 5.88. The lowest BCUT2D eigenvalue weighted by Crippen LogP contribution is -2.23. The molecule has 0 N–H and O–H groups in total. The van der Waals surface area contributed by atoms with Gasteiger partial charge >= 0.3 is 0 Å². The molecule has 1 heteroatoms. The van der Waals surface area contributed by atoms with Gasteiger partial charge in [0.25, 0.3) is 0 Å². The highest BCUT2D eigenvalue weighted by atomic mass is 35.5. The first-order chi connectivity index (χ1) is 5.44. The van der Waals surface area contributed by atoms with Crippen LogP contribution in [-0.2, 0) is 0 Å². The summed E-state index contributed by atoms with van der Waals surface area (Å²) in [4.78, 5) is 0. The van der Waals surface area contributed by atoms with Gasteiger partial charge in [-0.05, 0) is 23.7 Å². The quantitative estimate of drug-likeness (QED) is 0.567. The van der Waals surface area contributed by atoms with E-state index >= 15 is 0 Å². The molecule has 0 spiro atoms. The first-order valence-electron chi connectivity index (χ1n) is 5.00. The fourth-order valence-electron chi connectivity index (χ4n) is 1.29. The summed E-state index contributed by atoms with van der Waals surface area (Å²) in [5.74, 6) is 2.26. The predicted octanol–water partition coefficient (Wildman–Crippen LogP) is 4.32. The van der Waals surface area contributed by atoms with Crippen LogP contribution in [0.3, 0.4) is 0 Å². The van der Waals surface area contributed by atoms with Gasteiger partial charge in [0, 0.05) is 5.88 Å². The lowest BCUT2D eigenvalue weighted by molar-refractivity contribution is 0.192. The Balaban J connectivity index is 4.02. The van der Waals surface area contributed by atoms with Gasteiger partial charge in [-0.3, -0.25) is 0 Å². The van der Waals surface area contributed by atoms with Crippen molar-refractivity contribution in [2.24, 2.45) is 17.3 Å². The number of halogens is 1. The monoisotopic (exact) mass is 190 g/mol. The van der Waals surface area contributed by atoms with E-state index < -0.39 is 0 Å². The van der Waals surface area contributed by atoms with Crippen molar-refractivity contribution in [3.8, 4) is 0 Å². The van der Waals surface area contributed by atoms with Crippen LogP contribution in [0.5, 0.6) is 0 Å². The van der Waals surface area contributed by atoms with Crippen molar-refractivity contribution in [1.82, 2.24) is 0 Å². The molecule has 0 aliphatic rings. The van der Waals surface area contributed by atoms with Crippen molar-refractivity contribution in [2.75, 3.05) is 5.88 Å². The van der Waals surface area contributed by atoms with Gasteiger partial charge in [0.15, 0.2) is 0 Å². The molecule has 1 unspecified atom stereocenters. The Morgan fingerprint density at radius 3 is 2.00 bits per heavy atom. The first kappa shape index (κ1) is 12.3. The van der Waals surface area contributed by atoms with Gasteiger partial charge in [0.05, 0.1) is 0 Å². The van der Waals surface area contributed by atoms with Gasteiger partial charge in [-0.2, -0.15) is 0 Å². The minimum Gasteiger partial charge on any atom is -0.126 e. The zero-order chi connectivity index (χ0) is 9.78. The highest BCUT2D eigenvalue weighted by molar-refractivity contribution is 6.18. The third-order valence-corrected chi connectivity index (χ3v) is 3.61. The molecule has 0 radical (unpaired) electrons. The first-order valence-corrected chi connectivity index (χ1v) is 5.53. The molecule has 0 aromatic heterocycles. The third kappa shape index (κ3) is 3.80. The number of rotatable bonds is 5. The summed E-state index contributed by atoms with van der Waals surface area (Å²) in [5, 5.41) is 0. The zero-order valence-corrected chi connectivity index (χ0v) is 9.91. The second-order valence-corrected chi connectivity index (χ2v) is 5.08. The molecular formula is C11H23Cl. The van der Waals surface area contributed by atoms with Crippen molar-refractivity contribution in [1.29, 1.82) is 0 Å². The zero-order valence-electron chi connectivity index (χ0n) is 9.15. The summed E-state index contributed by atoms with van der Waals surface area (Å²) in [6.07, 6.45) is 2.46. The van der Waals surface area contributed by atoms with Crippen molar-refractivity contribution in [2.45, 2.75) is 47.5 Å². The summed E-state index contributed by atoms with van der Waals surface area (Å²) in [5.41, 5.74) is 0.440. The molecule has 0 aromatic rings. The van der Waals surface area contributed by atoms with E-state index in [4.69, 9.17) is 11.6 Å². The summed E-state index contributed by atoms with van der Waals surface area (Å²) in [6, 6.07) is 0. The molecule has 12 heavy (non-hydrogen) atoms. The molecule has 0 aliphatic carbocycles. The Labute approximate surface area is 82.7 Å². The molecule has 0 saturated heterocycles. The van der Waals surface area contributed by atoms with Crippen molar-refractivity contribution in [3.05, 3.63) is 0 Å². The van der Waals surface area contributed by atoms with Crippen molar-refractivity contribution in [3.63, 3.8) is 0 Å². The highest BCUT2D eigenvalue weighted by Crippen LogP contribution is 2.34. The highest BCUT2D eigenvalue weighted by Gasteiger charge is 2.25. The van der Waals surface area contributed by atoms with E-state index in [0.717, 1.165) is 11.8 Å². The molecule has 0 aliphatic heterocycles. The van der Waals surface area contributed by atoms with E-state index in [2.05, 4.69) is 34.6 Å². The van der Waals surface area contributed by atoms with Crippen LogP contribution in [0.1, 0.15) is 47.5 Å². The van der Waals surface area contributed by atoms with E-state index in [1.165, 1.54) is 12.8 Å². The van der Waals surface area contributed by atoms with Gasteiger partial charge in [0.2, 0.25) is 0 Å². The van der Waals surface area contributed by atoms with Gasteiger partial charge < -0.3 is 0 Å². The van der Waals surface area contributed by atoms with Gasteiger partial charge in [-0.15, -0.1) is 11.6 Å². The summed E-state index contributed by atoms with van der Waals surface area (Å²) < 4.78 is 0. The summed E-state index contributed by atoms with van der Waals surface area (Å²) in [6.45, 7) is 11.5. The van der Waals surface area contributed by atoms with Gasteiger partial charge in [-0.1, -0.05) is 41.0 Å². The van der Waals surface area contributed by atoms with Crippen LogP contribution in [0.25, 0.3) is 0 Å². The maximum absolute atomic E-state index is 5.88. The Morgan fingerprint density at radius 1 is 1.25 bits per heavy atom. The molecule has 0 fully saturated rings. The minimum absolute atomic E-state index is 0.440. The smallest absolute Gasteiger partial charge is 0.0251 e. The van der Waals surface area contributed by atoms with E-state index in [0.29, 0.717) is 11.3 Å². The van der Waals surface area contributed by atoms with Crippen LogP contribution in [0.4, 0.5) is 0 Å². The Bertz CT molecular complexity index is 112. The largest absolute Gasteiger partial charge is 0.126 e. The molecule has 0 heterocycles. The van der Waals surface area contributed by atoms with Crippen LogP contribution >= 0.6 is 11.6 Å². The Hall–Kier alpha value is 0.290. The Kier molecular flexibility index (Phi) is 5.24. The molecule has 0 rings (SSSR count). The molecule has 1 atom stereocenters. The van der Waals surface area contributed by atoms with E-state index in [-0.39, 0.29) is 0 Å². The Morgan fingerprint density at radius 2 is 1.75 bits per heavy atom. The minimum atomic E-state index is 0.440. The van der Waals surface area contributed by atoms with Crippen LogP contribution in [-0.4, -0.2) is 5.88 Å². The number of hydrogen-bond donors (Lipinski definition) is 0. The van der Waals surface area contributed by atoms with E-state index in [9.17, 15) is 0 Å². The SMILES string of the molecule is CCC(CCl)CC(C)(C)C(C)C. The van der Waals surface area contributed by atoms with Crippen LogP contribution in [0.2, 0.25) is 0 Å². The van der Waals surface area contributed by atoms with Crippen molar-refractivity contribution < 1.29 is 0 Å². The average Bonchev–Trinajstić information content (AvgIpc) is 2.00. The fourth-order valence-corrected chi connectivity index (χ4v) is 1.62. The lowest BCUT2D eigenvalue weighted by Gasteiger charge is -2.32. The molecule has 0 bridgehead atoms. The number of hydrogen-bond acceptors (Lipinski definition) is 0. The topological polar surface area (TPSA) is 0 Å². The second-order valence-electron chi connectivity index (χ2n) is 4.78. The molecular weight excluding hydrogens is 168 g/mol. The van der Waals surface area contributed by atoms with E-state index in [1.807, 2.05) is 0 Å². The van der Waals surface area contributed by atoms with Crippen LogP contribution in [0, 0.1) is 17.3 Å². The fraction of sp³-hybridized carbons (Fsp3) is 1.00. The second kappa shape index (κ2) is 5.11. The maximum atomic E-state index is 5.88. The predicted molar refractivity (Wildman–Crippen MR) is 57.7 cm³/mol. The van der Waals surface area contributed by atoms with Gasteiger partial charge in [0.1, 0.15) is 0 Å². The normalized spacial score (nSPS) is 15.2. The molecule has 0 saturated carbocycles. The van der Waals surface area contributed by atoms with E-state index in [1.54, 1.807) is 0 Å². The lowest BCUT2D eigenvalue weighted by atomic mass is 9.74. The van der Waals surface area contributed by atoms with Gasteiger partial charge in [-0.25, -0.2) is 0 Å².